The number of para-hydroxylation sites is 1. The Kier molecular flexibility index (Phi) is 8.65. The van der Waals surface area contributed by atoms with Gasteiger partial charge >= 0.3 is 0 Å². The zero-order valence-corrected chi connectivity index (χ0v) is 34.2. The molecule has 0 unspecified atom stereocenters. The van der Waals surface area contributed by atoms with Crippen molar-refractivity contribution < 1.29 is 4.42 Å². The van der Waals surface area contributed by atoms with E-state index < -0.39 is 0 Å². The molecular formula is C57H35N3OS. The molecule has 290 valence electrons. The summed E-state index contributed by atoms with van der Waals surface area (Å²) in [7, 11) is 0. The third kappa shape index (κ3) is 6.26. The number of thiophene rings is 1. The molecule has 62 heavy (non-hydrogen) atoms. The molecule has 0 saturated carbocycles. The normalized spacial score (nSPS) is 11.5. The van der Waals surface area contributed by atoms with E-state index >= 15 is 0 Å². The van der Waals surface area contributed by atoms with Crippen LogP contribution in [-0.4, -0.2) is 15.0 Å². The van der Waals surface area contributed by atoms with Crippen molar-refractivity contribution in [2.45, 2.75) is 0 Å². The molecule has 9 aromatic carbocycles. The number of nitrogens with zero attached hydrogens (tertiary/aromatic N) is 3. The van der Waals surface area contributed by atoms with Crippen LogP contribution < -0.4 is 0 Å². The minimum atomic E-state index is 0.624. The highest BCUT2D eigenvalue weighted by atomic mass is 32.1. The molecule has 12 rings (SSSR count). The highest BCUT2D eigenvalue weighted by Gasteiger charge is 2.19. The van der Waals surface area contributed by atoms with E-state index in [4.69, 9.17) is 19.4 Å². The van der Waals surface area contributed by atoms with E-state index in [1.807, 2.05) is 36.4 Å². The first-order valence-electron chi connectivity index (χ1n) is 20.8. The Morgan fingerprint density at radius 3 is 1.53 bits per heavy atom. The molecule has 0 spiro atoms. The van der Waals surface area contributed by atoms with Crippen molar-refractivity contribution in [3.05, 3.63) is 212 Å². The quantitative estimate of drug-likeness (QED) is 0.161. The van der Waals surface area contributed by atoms with Crippen LogP contribution >= 0.6 is 11.3 Å². The summed E-state index contributed by atoms with van der Waals surface area (Å²) in [5.41, 5.74) is 14.0. The van der Waals surface area contributed by atoms with E-state index in [0.29, 0.717) is 17.5 Å². The lowest BCUT2D eigenvalue weighted by Crippen LogP contribution is -2.00. The van der Waals surface area contributed by atoms with Gasteiger partial charge in [-0.2, -0.15) is 0 Å². The minimum absolute atomic E-state index is 0.624. The SMILES string of the molecule is c1ccc(-c2nc(-c3ccc(-c4cccc5oc6ccccc6c45)cc3)nc(-c3cccc4sc5ccc(-c6ccc(-c7ccccc7-c7ccccc7)cc6)cc5c34)n2)cc1. The number of rotatable bonds is 7. The summed E-state index contributed by atoms with van der Waals surface area (Å²) in [6.07, 6.45) is 0. The van der Waals surface area contributed by atoms with E-state index in [2.05, 4.69) is 176 Å². The monoisotopic (exact) mass is 809 g/mol. The lowest BCUT2D eigenvalue weighted by Gasteiger charge is -2.11. The van der Waals surface area contributed by atoms with Crippen LogP contribution in [0.5, 0.6) is 0 Å². The zero-order valence-electron chi connectivity index (χ0n) is 33.4. The van der Waals surface area contributed by atoms with Crippen molar-refractivity contribution in [3.8, 4) is 78.7 Å². The predicted octanol–water partition coefficient (Wildman–Crippen LogP) is 15.8. The molecule has 3 heterocycles. The largest absolute Gasteiger partial charge is 0.456 e. The Hall–Kier alpha value is -7.99. The summed E-state index contributed by atoms with van der Waals surface area (Å²) in [6, 6.07) is 74.6. The second kappa shape index (κ2) is 14.9. The summed E-state index contributed by atoms with van der Waals surface area (Å²) in [4.78, 5) is 15.5. The Morgan fingerprint density at radius 2 is 0.790 bits per heavy atom. The fraction of sp³-hybridized carbons (Fsp3) is 0. The van der Waals surface area contributed by atoms with Crippen LogP contribution in [0.3, 0.4) is 0 Å². The van der Waals surface area contributed by atoms with Crippen molar-refractivity contribution in [1.29, 1.82) is 0 Å². The molecule has 3 aromatic heterocycles. The minimum Gasteiger partial charge on any atom is -0.456 e. The summed E-state index contributed by atoms with van der Waals surface area (Å²) in [5, 5.41) is 4.56. The molecule has 0 saturated heterocycles. The Morgan fingerprint density at radius 1 is 0.290 bits per heavy atom. The summed E-state index contributed by atoms with van der Waals surface area (Å²) < 4.78 is 8.62. The maximum absolute atomic E-state index is 6.21. The molecule has 0 radical (unpaired) electrons. The third-order valence-corrected chi connectivity index (χ3v) is 12.9. The van der Waals surface area contributed by atoms with Crippen LogP contribution in [0.1, 0.15) is 0 Å². The molecule has 0 aliphatic carbocycles. The van der Waals surface area contributed by atoms with Gasteiger partial charge in [0, 0.05) is 47.6 Å². The molecule has 0 amide bonds. The molecule has 0 fully saturated rings. The summed E-state index contributed by atoms with van der Waals surface area (Å²) >= 11 is 1.80. The second-order valence-corrected chi connectivity index (χ2v) is 16.6. The van der Waals surface area contributed by atoms with Gasteiger partial charge in [0.15, 0.2) is 17.5 Å². The lowest BCUT2D eigenvalue weighted by atomic mass is 9.93. The molecule has 4 nitrogen and oxygen atoms in total. The van der Waals surface area contributed by atoms with Crippen LogP contribution in [0.25, 0.3) is 121 Å². The molecule has 0 bridgehead atoms. The first-order valence-corrected chi connectivity index (χ1v) is 21.6. The van der Waals surface area contributed by atoms with Crippen molar-refractivity contribution in [2.75, 3.05) is 0 Å². The number of hydrogen-bond donors (Lipinski definition) is 0. The summed E-state index contributed by atoms with van der Waals surface area (Å²) in [6.45, 7) is 0. The average molecular weight is 810 g/mol. The van der Waals surface area contributed by atoms with Crippen LogP contribution in [0.15, 0.2) is 217 Å². The predicted molar refractivity (Wildman–Crippen MR) is 258 cm³/mol. The molecule has 0 aliphatic heterocycles. The van der Waals surface area contributed by atoms with E-state index in [-0.39, 0.29) is 0 Å². The van der Waals surface area contributed by atoms with E-state index in [9.17, 15) is 0 Å². The fourth-order valence-electron chi connectivity index (χ4n) is 8.80. The Balaban J connectivity index is 0.948. The van der Waals surface area contributed by atoms with Gasteiger partial charge in [-0.3, -0.25) is 0 Å². The third-order valence-electron chi connectivity index (χ3n) is 11.8. The van der Waals surface area contributed by atoms with Gasteiger partial charge in [-0.1, -0.05) is 182 Å². The number of furan rings is 1. The van der Waals surface area contributed by atoms with Crippen molar-refractivity contribution in [1.82, 2.24) is 15.0 Å². The van der Waals surface area contributed by atoms with Crippen LogP contribution in [0, 0.1) is 0 Å². The Bertz CT molecular complexity index is 3610. The van der Waals surface area contributed by atoms with Crippen molar-refractivity contribution in [2.24, 2.45) is 0 Å². The first kappa shape index (κ1) is 35.9. The van der Waals surface area contributed by atoms with Gasteiger partial charge < -0.3 is 4.42 Å². The molecule has 12 aromatic rings. The van der Waals surface area contributed by atoms with Gasteiger partial charge in [-0.15, -0.1) is 11.3 Å². The maximum Gasteiger partial charge on any atom is 0.164 e. The van der Waals surface area contributed by atoms with Crippen LogP contribution in [-0.2, 0) is 0 Å². The van der Waals surface area contributed by atoms with Crippen molar-refractivity contribution >= 4 is 53.4 Å². The highest BCUT2D eigenvalue weighted by molar-refractivity contribution is 7.26. The average Bonchev–Trinajstić information content (AvgIpc) is 3.93. The molecule has 0 atom stereocenters. The molecule has 0 N–H and O–H groups in total. The highest BCUT2D eigenvalue weighted by Crippen LogP contribution is 2.42. The Labute approximate surface area is 362 Å². The number of fused-ring (bicyclic) bond motifs is 6. The first-order chi connectivity index (χ1) is 30.7. The van der Waals surface area contributed by atoms with Crippen molar-refractivity contribution in [3.63, 3.8) is 0 Å². The molecule has 5 heteroatoms. The van der Waals surface area contributed by atoms with E-state index in [1.54, 1.807) is 11.3 Å². The van der Waals surface area contributed by atoms with Crippen LogP contribution in [0.2, 0.25) is 0 Å². The smallest absolute Gasteiger partial charge is 0.164 e. The van der Waals surface area contributed by atoms with Crippen LogP contribution in [0.4, 0.5) is 0 Å². The maximum atomic E-state index is 6.21. The van der Waals surface area contributed by atoms with Gasteiger partial charge in [0.25, 0.3) is 0 Å². The molecule has 0 aliphatic rings. The van der Waals surface area contributed by atoms with Gasteiger partial charge in [0.1, 0.15) is 11.2 Å². The topological polar surface area (TPSA) is 51.8 Å². The zero-order chi connectivity index (χ0) is 41.0. The second-order valence-electron chi connectivity index (χ2n) is 15.5. The van der Waals surface area contributed by atoms with E-state index in [0.717, 1.165) is 60.7 Å². The number of aromatic nitrogens is 3. The van der Waals surface area contributed by atoms with Gasteiger partial charge in [0.05, 0.1) is 0 Å². The number of hydrogen-bond acceptors (Lipinski definition) is 5. The molecular weight excluding hydrogens is 775 g/mol. The van der Waals surface area contributed by atoms with Gasteiger partial charge in [-0.05, 0) is 74.8 Å². The summed E-state index contributed by atoms with van der Waals surface area (Å²) in [5.74, 6) is 1.90. The number of benzene rings is 9. The van der Waals surface area contributed by atoms with Gasteiger partial charge in [0.2, 0.25) is 0 Å². The van der Waals surface area contributed by atoms with E-state index in [1.165, 1.54) is 42.6 Å². The standard InChI is InChI=1S/C57H35N3OS/c1-3-13-37(14-4-1)43-17-7-8-18-44(43)38-27-25-36(26-28-38)42-33-34-51-48(35-42)54-47(21-12-24-52(54)62-51)57-59-55(40-15-5-2-6-16-40)58-56(60-57)41-31-29-39(30-32-41)45-20-11-23-50-53(45)46-19-9-10-22-49(46)61-50/h1-35H. The lowest BCUT2D eigenvalue weighted by molar-refractivity contribution is 0.669. The van der Waals surface area contributed by atoms with Gasteiger partial charge in [-0.25, -0.2) is 15.0 Å². The fourth-order valence-corrected chi connectivity index (χ4v) is 9.91.